The van der Waals surface area contributed by atoms with Crippen LogP contribution in [0.25, 0.3) is 10.8 Å². The summed E-state index contributed by atoms with van der Waals surface area (Å²) < 4.78 is 5.89. The van der Waals surface area contributed by atoms with Gasteiger partial charge >= 0.3 is 0 Å². The number of anilines is 1. The number of hydrogen-bond acceptors (Lipinski definition) is 4. The van der Waals surface area contributed by atoms with Crippen LogP contribution in [0.4, 0.5) is 5.69 Å². The van der Waals surface area contributed by atoms with E-state index in [0.29, 0.717) is 13.0 Å². The predicted molar refractivity (Wildman–Crippen MR) is 107 cm³/mol. The van der Waals surface area contributed by atoms with Crippen molar-refractivity contribution in [2.45, 2.75) is 43.4 Å². The van der Waals surface area contributed by atoms with Gasteiger partial charge in [0.2, 0.25) is 0 Å². The summed E-state index contributed by atoms with van der Waals surface area (Å²) in [5.74, 6) is 0.0366. The zero-order chi connectivity index (χ0) is 19.2. The average molecular weight is 368 g/mol. The van der Waals surface area contributed by atoms with Crippen molar-refractivity contribution in [2.75, 3.05) is 32.6 Å². The number of nitrogens with zero attached hydrogens (tertiary/aromatic N) is 2. The van der Waals surface area contributed by atoms with Crippen LogP contribution < -0.4 is 4.90 Å². The Kier molecular flexibility index (Phi) is 4.60. The Morgan fingerprint density at radius 1 is 1.19 bits per heavy atom. The van der Waals surface area contributed by atoms with E-state index in [4.69, 9.17) is 4.74 Å². The van der Waals surface area contributed by atoms with Gasteiger partial charge in [-0.25, -0.2) is 0 Å². The largest absolute Gasteiger partial charge is 0.393 e. The number of likely N-dealkylation sites (tertiary alicyclic amines) is 1. The van der Waals surface area contributed by atoms with Crippen LogP contribution in [0, 0.1) is 0 Å². The van der Waals surface area contributed by atoms with Crippen molar-refractivity contribution in [3.05, 3.63) is 42.0 Å². The maximum atomic E-state index is 13.5. The molecule has 2 aliphatic rings. The van der Waals surface area contributed by atoms with Crippen molar-refractivity contribution in [2.24, 2.45) is 0 Å². The summed E-state index contributed by atoms with van der Waals surface area (Å²) in [6.45, 7) is 0.674. The van der Waals surface area contributed by atoms with Crippen molar-refractivity contribution in [3.8, 4) is 0 Å². The van der Waals surface area contributed by atoms with Crippen LogP contribution in [0.3, 0.4) is 0 Å². The Morgan fingerprint density at radius 3 is 2.63 bits per heavy atom. The Labute approximate surface area is 160 Å². The molecule has 0 bridgehead atoms. The molecule has 5 nitrogen and oxygen atoms in total. The maximum absolute atomic E-state index is 13.5. The van der Waals surface area contributed by atoms with E-state index in [1.807, 2.05) is 49.3 Å². The molecule has 0 aromatic heterocycles. The summed E-state index contributed by atoms with van der Waals surface area (Å²) in [5.41, 5.74) is 1.51. The molecular formula is C22H28N2O3. The highest BCUT2D eigenvalue weighted by molar-refractivity contribution is 6.10. The van der Waals surface area contributed by atoms with Gasteiger partial charge in [0.15, 0.2) is 0 Å². The Balaban J connectivity index is 1.74. The van der Waals surface area contributed by atoms with Crippen molar-refractivity contribution < 1.29 is 14.6 Å². The average Bonchev–Trinajstić information content (AvgIpc) is 3.05. The zero-order valence-corrected chi connectivity index (χ0v) is 16.3. The zero-order valence-electron chi connectivity index (χ0n) is 16.3. The number of benzene rings is 2. The summed E-state index contributed by atoms with van der Waals surface area (Å²) in [4.78, 5) is 17.5. The molecule has 1 saturated carbocycles. The van der Waals surface area contributed by atoms with Gasteiger partial charge in [-0.05, 0) is 43.2 Å². The van der Waals surface area contributed by atoms with Gasteiger partial charge < -0.3 is 19.6 Å². The minimum Gasteiger partial charge on any atom is -0.393 e. The molecule has 1 aliphatic heterocycles. The lowest BCUT2D eigenvalue weighted by atomic mass is 9.79. The van der Waals surface area contributed by atoms with Gasteiger partial charge in [-0.1, -0.05) is 24.3 Å². The third-order valence-electron chi connectivity index (χ3n) is 6.44. The van der Waals surface area contributed by atoms with E-state index in [-0.39, 0.29) is 23.7 Å². The molecule has 0 radical (unpaired) electrons. The Morgan fingerprint density at radius 2 is 1.93 bits per heavy atom. The third-order valence-corrected chi connectivity index (χ3v) is 6.44. The number of carbonyl (C=O) groups is 1. The standard InChI is InChI=1S/C22H28N2O3/c1-23(2)19-9-8-18(16-6-4-5-7-17(16)19)21(26)24-13-12-22(27-3)11-10-15(25)14-20(22)24/h4-9,15,20,25H,10-14H2,1-3H3/t15-,20+,22-/m1/s1. The van der Waals surface area contributed by atoms with E-state index in [2.05, 4.69) is 11.0 Å². The van der Waals surface area contributed by atoms with Crippen LogP contribution in [0.2, 0.25) is 0 Å². The molecule has 1 N–H and O–H groups in total. The number of carbonyl (C=O) groups excluding carboxylic acids is 1. The first-order valence-corrected chi connectivity index (χ1v) is 9.70. The van der Waals surface area contributed by atoms with Crippen LogP contribution in [-0.4, -0.2) is 61.4 Å². The SMILES string of the molecule is CO[C@@]12CC[C@@H](O)C[C@@H]1N(C(=O)c1ccc(N(C)C)c3ccccc13)CC2. The third kappa shape index (κ3) is 2.89. The number of fused-ring (bicyclic) bond motifs is 2. The molecule has 4 rings (SSSR count). The molecule has 144 valence electrons. The number of methoxy groups -OCH3 is 1. The topological polar surface area (TPSA) is 53.0 Å². The summed E-state index contributed by atoms with van der Waals surface area (Å²) in [5, 5.41) is 12.3. The van der Waals surface area contributed by atoms with E-state index in [0.717, 1.165) is 41.3 Å². The first-order valence-electron chi connectivity index (χ1n) is 9.70. The van der Waals surface area contributed by atoms with Gasteiger partial charge in [0.1, 0.15) is 0 Å². The second-order valence-electron chi connectivity index (χ2n) is 8.03. The molecule has 2 fully saturated rings. The molecule has 1 aliphatic carbocycles. The van der Waals surface area contributed by atoms with Crippen LogP contribution in [0.5, 0.6) is 0 Å². The van der Waals surface area contributed by atoms with Crippen LogP contribution in [0.1, 0.15) is 36.0 Å². The first-order chi connectivity index (χ1) is 13.0. The van der Waals surface area contributed by atoms with Gasteiger partial charge in [-0.15, -0.1) is 0 Å². The lowest BCUT2D eigenvalue weighted by molar-refractivity contribution is -0.0824. The highest BCUT2D eigenvalue weighted by atomic mass is 16.5. The van der Waals surface area contributed by atoms with Crippen LogP contribution >= 0.6 is 0 Å². The lowest BCUT2D eigenvalue weighted by Gasteiger charge is -2.42. The minimum absolute atomic E-state index is 0.0366. The molecule has 0 spiro atoms. The lowest BCUT2D eigenvalue weighted by Crippen LogP contribution is -2.52. The second-order valence-corrected chi connectivity index (χ2v) is 8.03. The van der Waals surface area contributed by atoms with E-state index in [1.54, 1.807) is 7.11 Å². The highest BCUT2D eigenvalue weighted by Crippen LogP contribution is 2.43. The molecular weight excluding hydrogens is 340 g/mol. The van der Waals surface area contributed by atoms with Crippen molar-refractivity contribution in [1.82, 2.24) is 4.90 Å². The molecule has 2 aromatic rings. The summed E-state index contributed by atoms with van der Waals surface area (Å²) in [6, 6.07) is 12.0. The number of aliphatic hydroxyl groups is 1. The van der Waals surface area contributed by atoms with E-state index >= 15 is 0 Å². The first kappa shape index (κ1) is 18.3. The van der Waals surface area contributed by atoms with Gasteiger partial charge in [0, 0.05) is 44.4 Å². The van der Waals surface area contributed by atoms with E-state index < -0.39 is 0 Å². The summed E-state index contributed by atoms with van der Waals surface area (Å²) in [7, 11) is 5.76. The number of aliphatic hydroxyl groups excluding tert-OH is 1. The normalized spacial score (nSPS) is 27.6. The number of amides is 1. The number of rotatable bonds is 3. The number of hydrogen-bond donors (Lipinski definition) is 1. The monoisotopic (exact) mass is 368 g/mol. The van der Waals surface area contributed by atoms with Crippen molar-refractivity contribution >= 4 is 22.4 Å². The van der Waals surface area contributed by atoms with Crippen molar-refractivity contribution in [1.29, 1.82) is 0 Å². The molecule has 1 amide bonds. The van der Waals surface area contributed by atoms with Crippen LogP contribution in [-0.2, 0) is 4.74 Å². The number of ether oxygens (including phenoxy) is 1. The Bertz CT molecular complexity index is 866. The predicted octanol–water partition coefficient (Wildman–Crippen LogP) is 3.05. The fourth-order valence-electron chi connectivity index (χ4n) is 4.93. The molecule has 1 saturated heterocycles. The summed E-state index contributed by atoms with van der Waals surface area (Å²) >= 11 is 0. The van der Waals surface area contributed by atoms with Gasteiger partial charge in [-0.3, -0.25) is 4.79 Å². The van der Waals surface area contributed by atoms with E-state index in [1.165, 1.54) is 0 Å². The molecule has 3 atom stereocenters. The van der Waals surface area contributed by atoms with E-state index in [9.17, 15) is 9.90 Å². The Hall–Kier alpha value is -2.11. The van der Waals surface area contributed by atoms with Crippen molar-refractivity contribution in [3.63, 3.8) is 0 Å². The van der Waals surface area contributed by atoms with Gasteiger partial charge in [0.05, 0.1) is 17.7 Å². The second kappa shape index (κ2) is 6.80. The molecule has 2 aromatic carbocycles. The summed E-state index contributed by atoms with van der Waals surface area (Å²) in [6.07, 6.45) is 2.61. The quantitative estimate of drug-likeness (QED) is 0.905. The molecule has 27 heavy (non-hydrogen) atoms. The fourth-order valence-corrected chi connectivity index (χ4v) is 4.93. The fraction of sp³-hybridized carbons (Fsp3) is 0.500. The minimum atomic E-state index is -0.362. The maximum Gasteiger partial charge on any atom is 0.254 e. The molecule has 5 heteroatoms. The highest BCUT2D eigenvalue weighted by Gasteiger charge is 2.52. The van der Waals surface area contributed by atoms with Gasteiger partial charge in [-0.2, -0.15) is 0 Å². The molecule has 1 heterocycles. The van der Waals surface area contributed by atoms with Gasteiger partial charge in [0.25, 0.3) is 5.91 Å². The molecule has 0 unspecified atom stereocenters. The smallest absolute Gasteiger partial charge is 0.254 e. The van der Waals surface area contributed by atoms with Crippen LogP contribution in [0.15, 0.2) is 36.4 Å².